The van der Waals surface area contributed by atoms with E-state index in [0.29, 0.717) is 4.73 Å². The Morgan fingerprint density at radius 2 is 2.20 bits per heavy atom. The summed E-state index contributed by atoms with van der Waals surface area (Å²) in [6.45, 7) is 0. The van der Waals surface area contributed by atoms with Crippen LogP contribution in [0.5, 0.6) is 0 Å². The van der Waals surface area contributed by atoms with E-state index in [0.717, 1.165) is 5.02 Å². The zero-order valence-corrected chi connectivity index (χ0v) is 7.98. The summed E-state index contributed by atoms with van der Waals surface area (Å²) >= 11 is 9.23. The molecule has 0 fully saturated rings. The van der Waals surface area contributed by atoms with Crippen LogP contribution in [0, 0.1) is 0 Å². The normalized spacial score (nSPS) is 13.0. The van der Waals surface area contributed by atoms with Crippen molar-refractivity contribution in [3.63, 3.8) is 0 Å². The SMILES string of the molecule is BC(Br)c1cccc(Cl)c1. The second-order valence-electron chi connectivity index (χ2n) is 2.17. The minimum Gasteiger partial charge on any atom is -0.0938 e. The zero-order valence-electron chi connectivity index (χ0n) is 5.64. The van der Waals surface area contributed by atoms with Gasteiger partial charge in [0.15, 0.2) is 0 Å². The van der Waals surface area contributed by atoms with Gasteiger partial charge in [-0.1, -0.05) is 39.7 Å². The van der Waals surface area contributed by atoms with Crippen LogP contribution in [-0.4, -0.2) is 7.85 Å². The van der Waals surface area contributed by atoms with E-state index < -0.39 is 0 Å². The maximum atomic E-state index is 5.77. The monoisotopic (exact) mass is 216 g/mol. The van der Waals surface area contributed by atoms with Crippen LogP contribution in [0.3, 0.4) is 0 Å². The highest BCUT2D eigenvalue weighted by Crippen LogP contribution is 2.21. The lowest BCUT2D eigenvalue weighted by Gasteiger charge is -2.01. The van der Waals surface area contributed by atoms with Crippen LogP contribution in [0.25, 0.3) is 0 Å². The van der Waals surface area contributed by atoms with Crippen molar-refractivity contribution in [2.24, 2.45) is 0 Å². The fraction of sp³-hybridized carbons (Fsp3) is 0.143. The Morgan fingerprint density at radius 3 is 2.60 bits per heavy atom. The second kappa shape index (κ2) is 3.45. The van der Waals surface area contributed by atoms with Gasteiger partial charge in [0.1, 0.15) is 7.85 Å². The summed E-state index contributed by atoms with van der Waals surface area (Å²) in [7, 11) is 2.08. The van der Waals surface area contributed by atoms with Gasteiger partial charge < -0.3 is 0 Å². The van der Waals surface area contributed by atoms with E-state index >= 15 is 0 Å². The van der Waals surface area contributed by atoms with Crippen molar-refractivity contribution in [1.29, 1.82) is 0 Å². The molecular weight excluding hydrogens is 210 g/mol. The lowest BCUT2D eigenvalue weighted by Crippen LogP contribution is -1.86. The molecule has 1 unspecified atom stereocenters. The van der Waals surface area contributed by atoms with Gasteiger partial charge in [0.25, 0.3) is 0 Å². The fourth-order valence-corrected chi connectivity index (χ4v) is 1.24. The average Bonchev–Trinajstić information content (AvgIpc) is 1.88. The lowest BCUT2D eigenvalue weighted by molar-refractivity contribution is 1.39. The predicted octanol–water partition coefficient (Wildman–Crippen LogP) is 2.37. The van der Waals surface area contributed by atoms with Crippen LogP contribution < -0.4 is 0 Å². The fourth-order valence-electron chi connectivity index (χ4n) is 0.754. The highest BCUT2D eigenvalue weighted by atomic mass is 79.9. The summed E-state index contributed by atoms with van der Waals surface area (Å²) < 4.78 is 0.381. The van der Waals surface area contributed by atoms with Gasteiger partial charge >= 0.3 is 0 Å². The van der Waals surface area contributed by atoms with Crippen LogP contribution >= 0.6 is 27.5 Å². The molecule has 52 valence electrons. The van der Waals surface area contributed by atoms with Gasteiger partial charge in [-0.3, -0.25) is 0 Å². The van der Waals surface area contributed by atoms with Crippen LogP contribution in [0.2, 0.25) is 5.02 Å². The molecule has 3 heteroatoms. The molecule has 1 atom stereocenters. The Labute approximate surface area is 75.1 Å². The molecule has 0 nitrogen and oxygen atoms in total. The smallest absolute Gasteiger partial charge is 0.0938 e. The molecule has 1 aromatic rings. The number of benzene rings is 1. The highest BCUT2D eigenvalue weighted by Gasteiger charge is 1.98. The van der Waals surface area contributed by atoms with Crippen molar-refractivity contribution in [1.82, 2.24) is 0 Å². The quantitative estimate of drug-likeness (QED) is 0.500. The van der Waals surface area contributed by atoms with Gasteiger partial charge in [-0.05, 0) is 17.7 Å². The standard InChI is InChI=1S/C7H7BBrCl/c8-7(9)5-2-1-3-6(10)4-5/h1-4,7H,8H2. The summed E-state index contributed by atoms with van der Waals surface area (Å²) in [4.78, 5) is 0. The van der Waals surface area contributed by atoms with Gasteiger partial charge in [-0.2, -0.15) is 0 Å². The van der Waals surface area contributed by atoms with E-state index in [-0.39, 0.29) is 0 Å². The number of hydrogen-bond acceptors (Lipinski definition) is 0. The molecule has 0 bridgehead atoms. The Bertz CT molecular complexity index is 225. The van der Waals surface area contributed by atoms with Gasteiger partial charge in [0.2, 0.25) is 0 Å². The predicted molar refractivity (Wildman–Crippen MR) is 51.7 cm³/mol. The number of alkyl halides is 1. The van der Waals surface area contributed by atoms with Crippen LogP contribution in [0.15, 0.2) is 24.3 Å². The number of rotatable bonds is 1. The topological polar surface area (TPSA) is 0 Å². The summed E-state index contributed by atoms with van der Waals surface area (Å²) in [5, 5.41) is 0.795. The first-order valence-electron chi connectivity index (χ1n) is 3.09. The first-order valence-corrected chi connectivity index (χ1v) is 4.39. The molecule has 0 aliphatic carbocycles. The van der Waals surface area contributed by atoms with Crippen molar-refractivity contribution in [3.05, 3.63) is 34.9 Å². The molecule has 0 aliphatic rings. The zero-order chi connectivity index (χ0) is 7.56. The van der Waals surface area contributed by atoms with E-state index in [9.17, 15) is 0 Å². The molecule has 0 radical (unpaired) electrons. The molecular formula is C7H7BBrCl. The van der Waals surface area contributed by atoms with Crippen LogP contribution in [-0.2, 0) is 0 Å². The molecule has 0 N–H and O–H groups in total. The number of halogens is 2. The van der Waals surface area contributed by atoms with Crippen molar-refractivity contribution < 1.29 is 0 Å². The Morgan fingerprint density at radius 1 is 1.50 bits per heavy atom. The van der Waals surface area contributed by atoms with Crippen LogP contribution in [0.1, 0.15) is 10.3 Å². The molecule has 0 saturated heterocycles. The van der Waals surface area contributed by atoms with E-state index in [1.165, 1.54) is 5.56 Å². The third-order valence-electron chi connectivity index (χ3n) is 1.31. The van der Waals surface area contributed by atoms with Crippen molar-refractivity contribution in [3.8, 4) is 0 Å². The summed E-state index contributed by atoms with van der Waals surface area (Å²) in [5.74, 6) is 0. The molecule has 0 saturated carbocycles. The van der Waals surface area contributed by atoms with E-state index in [2.05, 4.69) is 23.8 Å². The summed E-state index contributed by atoms with van der Waals surface area (Å²) in [5.41, 5.74) is 1.22. The molecule has 10 heavy (non-hydrogen) atoms. The lowest BCUT2D eigenvalue weighted by atomic mass is 9.97. The minimum atomic E-state index is 0.381. The molecule has 0 spiro atoms. The second-order valence-corrected chi connectivity index (χ2v) is 3.98. The third kappa shape index (κ3) is 2.03. The van der Waals surface area contributed by atoms with Crippen molar-refractivity contribution in [2.75, 3.05) is 0 Å². The number of hydrogen-bond donors (Lipinski definition) is 0. The molecule has 0 aliphatic heterocycles. The van der Waals surface area contributed by atoms with Gasteiger partial charge in [0, 0.05) is 9.75 Å². The maximum absolute atomic E-state index is 5.77. The van der Waals surface area contributed by atoms with Gasteiger partial charge in [0.05, 0.1) is 0 Å². The molecule has 0 amide bonds. The van der Waals surface area contributed by atoms with Gasteiger partial charge in [-0.25, -0.2) is 0 Å². The van der Waals surface area contributed by atoms with Gasteiger partial charge in [-0.15, -0.1) is 0 Å². The molecule has 1 rings (SSSR count). The summed E-state index contributed by atoms with van der Waals surface area (Å²) in [6, 6.07) is 7.84. The first kappa shape index (κ1) is 8.15. The highest BCUT2D eigenvalue weighted by molar-refractivity contribution is 9.09. The molecule has 0 aromatic heterocycles. The average molecular weight is 217 g/mol. The van der Waals surface area contributed by atoms with E-state index in [1.54, 1.807) is 0 Å². The van der Waals surface area contributed by atoms with Crippen molar-refractivity contribution in [2.45, 2.75) is 4.73 Å². The Hall–Kier alpha value is 0.0549. The molecule has 1 aromatic carbocycles. The maximum Gasteiger partial charge on any atom is 0.125 e. The Balaban J connectivity index is 2.96. The van der Waals surface area contributed by atoms with E-state index in [1.807, 2.05) is 24.3 Å². The van der Waals surface area contributed by atoms with Crippen LogP contribution in [0.4, 0.5) is 0 Å². The first-order chi connectivity index (χ1) is 4.70. The van der Waals surface area contributed by atoms with Crippen molar-refractivity contribution >= 4 is 35.4 Å². The Kier molecular flexibility index (Phi) is 2.81. The molecule has 0 heterocycles. The van der Waals surface area contributed by atoms with E-state index in [4.69, 9.17) is 11.6 Å². The summed E-state index contributed by atoms with van der Waals surface area (Å²) in [6.07, 6.45) is 0. The minimum absolute atomic E-state index is 0.381. The third-order valence-corrected chi connectivity index (χ3v) is 2.07. The largest absolute Gasteiger partial charge is 0.125 e.